The van der Waals surface area contributed by atoms with Crippen molar-refractivity contribution in [3.05, 3.63) is 35.3 Å². The van der Waals surface area contributed by atoms with Gasteiger partial charge in [-0.2, -0.15) is 0 Å². The summed E-state index contributed by atoms with van der Waals surface area (Å²) >= 11 is 0. The molecule has 0 unspecified atom stereocenters. The van der Waals surface area contributed by atoms with Gasteiger partial charge < -0.3 is 19.9 Å². The SMILES string of the molecule is CCOC(=O)CNC(=O)N1CCc2[nH]c3ccc(F)cc3c2C1. The summed E-state index contributed by atoms with van der Waals surface area (Å²) in [6, 6.07) is 4.27. The van der Waals surface area contributed by atoms with Gasteiger partial charge in [0, 0.05) is 41.7 Å². The minimum absolute atomic E-state index is 0.154. The number of esters is 1. The Bertz CT molecular complexity index is 756. The Labute approximate surface area is 132 Å². The summed E-state index contributed by atoms with van der Waals surface area (Å²) in [6.45, 7) is 2.76. The number of hydrogen-bond acceptors (Lipinski definition) is 3. The van der Waals surface area contributed by atoms with Crippen LogP contribution in [-0.2, 0) is 22.5 Å². The molecule has 0 saturated carbocycles. The van der Waals surface area contributed by atoms with Crippen LogP contribution in [0.4, 0.5) is 9.18 Å². The highest BCUT2D eigenvalue weighted by Gasteiger charge is 2.24. The van der Waals surface area contributed by atoms with E-state index in [4.69, 9.17) is 4.74 Å². The molecule has 3 rings (SSSR count). The molecule has 1 aliphatic rings. The van der Waals surface area contributed by atoms with Crippen LogP contribution in [0, 0.1) is 5.82 Å². The monoisotopic (exact) mass is 319 g/mol. The molecule has 2 aromatic rings. The summed E-state index contributed by atoms with van der Waals surface area (Å²) in [5.74, 6) is -0.768. The predicted molar refractivity (Wildman–Crippen MR) is 82.4 cm³/mol. The summed E-state index contributed by atoms with van der Waals surface area (Å²) in [5.41, 5.74) is 2.82. The van der Waals surface area contributed by atoms with E-state index in [1.807, 2.05) is 0 Å². The van der Waals surface area contributed by atoms with Crippen LogP contribution in [0.3, 0.4) is 0 Å². The van der Waals surface area contributed by atoms with E-state index in [0.717, 1.165) is 22.2 Å². The highest BCUT2D eigenvalue weighted by molar-refractivity contribution is 5.86. The third kappa shape index (κ3) is 3.13. The lowest BCUT2D eigenvalue weighted by Gasteiger charge is -2.27. The van der Waals surface area contributed by atoms with Crippen molar-refractivity contribution in [1.29, 1.82) is 0 Å². The van der Waals surface area contributed by atoms with Crippen molar-refractivity contribution in [2.75, 3.05) is 19.7 Å². The molecule has 0 aliphatic carbocycles. The van der Waals surface area contributed by atoms with Crippen LogP contribution < -0.4 is 5.32 Å². The van der Waals surface area contributed by atoms with Crippen LogP contribution in [-0.4, -0.2) is 41.6 Å². The number of aromatic amines is 1. The second-order valence-corrected chi connectivity index (χ2v) is 5.41. The standard InChI is InChI=1S/C16H18FN3O3/c1-2-23-15(21)8-18-16(22)20-6-5-14-12(9-20)11-7-10(17)3-4-13(11)19-14/h3-4,7,19H,2,5-6,8-9H2,1H3,(H,18,22). The maximum Gasteiger partial charge on any atom is 0.325 e. The number of halogens is 1. The molecule has 2 heterocycles. The largest absolute Gasteiger partial charge is 0.465 e. The number of H-pyrrole nitrogens is 1. The molecule has 122 valence electrons. The maximum atomic E-state index is 13.5. The summed E-state index contributed by atoms with van der Waals surface area (Å²) in [7, 11) is 0. The van der Waals surface area contributed by atoms with E-state index in [0.29, 0.717) is 19.5 Å². The fourth-order valence-electron chi connectivity index (χ4n) is 2.83. The van der Waals surface area contributed by atoms with E-state index in [1.165, 1.54) is 12.1 Å². The van der Waals surface area contributed by atoms with E-state index in [1.54, 1.807) is 17.9 Å². The zero-order valence-corrected chi connectivity index (χ0v) is 12.8. The number of fused-ring (bicyclic) bond motifs is 3. The average Bonchev–Trinajstić information content (AvgIpc) is 2.90. The first-order chi connectivity index (χ1) is 11.1. The Kier molecular flexibility index (Phi) is 4.18. The van der Waals surface area contributed by atoms with Crippen LogP contribution in [0.25, 0.3) is 10.9 Å². The second kappa shape index (κ2) is 6.28. The molecule has 2 amide bonds. The van der Waals surface area contributed by atoms with Gasteiger partial charge in [0.2, 0.25) is 0 Å². The van der Waals surface area contributed by atoms with Gasteiger partial charge in [-0.3, -0.25) is 4.79 Å². The fourth-order valence-corrected chi connectivity index (χ4v) is 2.83. The molecular weight excluding hydrogens is 301 g/mol. The Morgan fingerprint density at radius 3 is 3.04 bits per heavy atom. The van der Waals surface area contributed by atoms with E-state index in [9.17, 15) is 14.0 Å². The van der Waals surface area contributed by atoms with Crippen molar-refractivity contribution in [1.82, 2.24) is 15.2 Å². The number of ether oxygens (including phenoxy) is 1. The molecule has 1 aliphatic heterocycles. The van der Waals surface area contributed by atoms with Gasteiger partial charge >= 0.3 is 12.0 Å². The molecule has 1 aromatic carbocycles. The second-order valence-electron chi connectivity index (χ2n) is 5.41. The molecule has 0 fully saturated rings. The fraction of sp³-hybridized carbons (Fsp3) is 0.375. The smallest absolute Gasteiger partial charge is 0.325 e. The van der Waals surface area contributed by atoms with Crippen LogP contribution in [0.1, 0.15) is 18.2 Å². The molecule has 6 nitrogen and oxygen atoms in total. The van der Waals surface area contributed by atoms with Gasteiger partial charge in [0.1, 0.15) is 12.4 Å². The molecular formula is C16H18FN3O3. The average molecular weight is 319 g/mol. The number of aromatic nitrogens is 1. The summed E-state index contributed by atoms with van der Waals surface area (Å²) in [5, 5.41) is 3.34. The summed E-state index contributed by atoms with van der Waals surface area (Å²) in [4.78, 5) is 28.3. The first-order valence-electron chi connectivity index (χ1n) is 7.56. The van der Waals surface area contributed by atoms with E-state index >= 15 is 0 Å². The van der Waals surface area contributed by atoms with Gasteiger partial charge in [-0.05, 0) is 25.1 Å². The van der Waals surface area contributed by atoms with Crippen LogP contribution in [0.2, 0.25) is 0 Å². The third-order valence-electron chi connectivity index (χ3n) is 3.91. The molecule has 0 saturated heterocycles. The van der Waals surface area contributed by atoms with Crippen molar-refractivity contribution in [2.24, 2.45) is 0 Å². The summed E-state index contributed by atoms with van der Waals surface area (Å²) < 4.78 is 18.2. The highest BCUT2D eigenvalue weighted by Crippen LogP contribution is 2.28. The van der Waals surface area contributed by atoms with Gasteiger partial charge in [-0.1, -0.05) is 0 Å². The Morgan fingerprint density at radius 1 is 1.43 bits per heavy atom. The Hall–Kier alpha value is -2.57. The van der Waals surface area contributed by atoms with Crippen molar-refractivity contribution in [3.8, 4) is 0 Å². The number of amides is 2. The highest BCUT2D eigenvalue weighted by atomic mass is 19.1. The van der Waals surface area contributed by atoms with Gasteiger partial charge in [0.15, 0.2) is 0 Å². The first kappa shape index (κ1) is 15.3. The summed E-state index contributed by atoms with van der Waals surface area (Å²) in [6.07, 6.45) is 0.665. The van der Waals surface area contributed by atoms with Crippen LogP contribution in [0.5, 0.6) is 0 Å². The zero-order valence-electron chi connectivity index (χ0n) is 12.8. The topological polar surface area (TPSA) is 74.4 Å². The van der Waals surface area contributed by atoms with E-state index in [2.05, 4.69) is 10.3 Å². The van der Waals surface area contributed by atoms with Gasteiger partial charge in [-0.25, -0.2) is 9.18 Å². The number of nitrogens with zero attached hydrogens (tertiary/aromatic N) is 1. The maximum absolute atomic E-state index is 13.5. The zero-order chi connectivity index (χ0) is 16.4. The minimum Gasteiger partial charge on any atom is -0.465 e. The number of benzene rings is 1. The van der Waals surface area contributed by atoms with Gasteiger partial charge in [0.25, 0.3) is 0 Å². The van der Waals surface area contributed by atoms with Crippen molar-refractivity contribution < 1.29 is 18.7 Å². The number of carbonyl (C=O) groups is 2. The third-order valence-corrected chi connectivity index (χ3v) is 3.91. The minimum atomic E-state index is -0.465. The quantitative estimate of drug-likeness (QED) is 0.849. The van der Waals surface area contributed by atoms with Crippen molar-refractivity contribution in [2.45, 2.75) is 19.9 Å². The normalized spacial score (nSPS) is 13.7. The molecule has 1 aromatic heterocycles. The lowest BCUT2D eigenvalue weighted by Crippen LogP contribution is -2.44. The first-order valence-corrected chi connectivity index (χ1v) is 7.56. The van der Waals surface area contributed by atoms with E-state index in [-0.39, 0.29) is 25.0 Å². The number of rotatable bonds is 3. The lowest BCUT2D eigenvalue weighted by atomic mass is 10.0. The van der Waals surface area contributed by atoms with Gasteiger partial charge in [-0.15, -0.1) is 0 Å². The van der Waals surface area contributed by atoms with Crippen LogP contribution in [0.15, 0.2) is 18.2 Å². The Morgan fingerprint density at radius 2 is 2.26 bits per heavy atom. The lowest BCUT2D eigenvalue weighted by molar-refractivity contribution is -0.141. The number of carbonyl (C=O) groups excluding carboxylic acids is 2. The van der Waals surface area contributed by atoms with E-state index < -0.39 is 5.97 Å². The number of hydrogen-bond donors (Lipinski definition) is 2. The van der Waals surface area contributed by atoms with Crippen LogP contribution >= 0.6 is 0 Å². The molecule has 0 spiro atoms. The molecule has 7 heteroatoms. The van der Waals surface area contributed by atoms with Crippen molar-refractivity contribution in [3.63, 3.8) is 0 Å². The number of nitrogens with one attached hydrogen (secondary N) is 2. The predicted octanol–water partition coefficient (Wildman–Crippen LogP) is 1.94. The van der Waals surface area contributed by atoms with Crippen molar-refractivity contribution >= 4 is 22.9 Å². The van der Waals surface area contributed by atoms with Gasteiger partial charge in [0.05, 0.1) is 6.61 Å². The molecule has 23 heavy (non-hydrogen) atoms. The molecule has 0 radical (unpaired) electrons. The molecule has 0 bridgehead atoms. The Balaban J connectivity index is 1.72. The number of urea groups is 1. The molecule has 2 N–H and O–H groups in total. The molecule has 0 atom stereocenters.